The van der Waals surface area contributed by atoms with E-state index in [1.807, 2.05) is 23.5 Å². The summed E-state index contributed by atoms with van der Waals surface area (Å²) in [5.41, 5.74) is 10.3. The molecule has 4 aromatic rings. The van der Waals surface area contributed by atoms with Gasteiger partial charge >= 0.3 is 0 Å². The van der Waals surface area contributed by atoms with Crippen LogP contribution in [0.3, 0.4) is 0 Å². The van der Waals surface area contributed by atoms with Gasteiger partial charge in [0.1, 0.15) is 10.1 Å². The van der Waals surface area contributed by atoms with Crippen molar-refractivity contribution >= 4 is 44.7 Å². The zero-order valence-corrected chi connectivity index (χ0v) is 28.7. The lowest BCUT2D eigenvalue weighted by atomic mass is 9.87. The Bertz CT molecular complexity index is 1620. The number of hydrogen-bond acceptors (Lipinski definition) is 4. The lowest BCUT2D eigenvalue weighted by Gasteiger charge is -2.29. The van der Waals surface area contributed by atoms with Crippen LogP contribution in [-0.2, 0) is 10.8 Å². The van der Waals surface area contributed by atoms with E-state index in [0.29, 0.717) is 0 Å². The van der Waals surface area contributed by atoms with Crippen LogP contribution in [0.4, 0.5) is 11.4 Å². The second kappa shape index (κ2) is 11.7. The highest BCUT2D eigenvalue weighted by Crippen LogP contribution is 2.57. The molecule has 0 atom stereocenters. The minimum atomic E-state index is 0.0998. The van der Waals surface area contributed by atoms with Gasteiger partial charge in [-0.2, -0.15) is 0 Å². The summed E-state index contributed by atoms with van der Waals surface area (Å²) in [5.74, 6) is 0. The summed E-state index contributed by atoms with van der Waals surface area (Å²) in [5, 5.41) is 2.47. The summed E-state index contributed by atoms with van der Waals surface area (Å²) in [6.45, 7) is 18.2. The molecule has 6 rings (SSSR count). The highest BCUT2D eigenvalue weighted by molar-refractivity contribution is 8.15. The average molecular weight is 615 g/mol. The number of hydrogen-bond donors (Lipinski definition) is 0. The number of allylic oxidation sites excluding steroid dienone is 2. The van der Waals surface area contributed by atoms with Crippen molar-refractivity contribution in [2.75, 3.05) is 9.80 Å². The van der Waals surface area contributed by atoms with Gasteiger partial charge in [-0.15, -0.1) is 0 Å². The molecule has 4 heteroatoms. The zero-order valence-electron chi connectivity index (χ0n) is 27.1. The van der Waals surface area contributed by atoms with E-state index >= 15 is 0 Å². The third kappa shape index (κ3) is 5.78. The molecule has 0 fully saturated rings. The van der Waals surface area contributed by atoms with Crippen LogP contribution >= 0.6 is 23.5 Å². The van der Waals surface area contributed by atoms with E-state index in [4.69, 9.17) is 0 Å². The fourth-order valence-corrected chi connectivity index (χ4v) is 8.42. The lowest BCUT2D eigenvalue weighted by Crippen LogP contribution is -2.22. The van der Waals surface area contributed by atoms with E-state index in [9.17, 15) is 0 Å². The molecule has 2 aliphatic heterocycles. The van der Waals surface area contributed by atoms with Crippen LogP contribution in [-0.4, -0.2) is 0 Å². The summed E-state index contributed by atoms with van der Waals surface area (Å²) in [6, 6.07) is 40.0. The molecular weight excluding hydrogens is 573 g/mol. The number of benzene rings is 4. The largest absolute Gasteiger partial charge is 0.305 e. The molecule has 2 aliphatic rings. The van der Waals surface area contributed by atoms with Gasteiger partial charge in [0.05, 0.1) is 0 Å². The molecule has 0 radical (unpaired) electrons. The highest BCUT2D eigenvalue weighted by Gasteiger charge is 2.37. The SMILES string of the molecule is CC1=C(c2ccccc2)S/C(=C2/SC(c3ccccc3)=C(C)N2c2ccc(C(C)(C)C)cc2)N1c1ccc(C(C)(C)C)cc1. The van der Waals surface area contributed by atoms with E-state index in [1.165, 1.54) is 64.9 Å². The first-order chi connectivity index (χ1) is 20.9. The summed E-state index contributed by atoms with van der Waals surface area (Å²) in [7, 11) is 0. The molecule has 2 nitrogen and oxygen atoms in total. The van der Waals surface area contributed by atoms with Crippen LogP contribution in [0.1, 0.15) is 77.6 Å². The smallest absolute Gasteiger partial charge is 0.116 e. The van der Waals surface area contributed by atoms with Crippen LogP contribution < -0.4 is 9.80 Å². The Morgan fingerprint density at radius 1 is 0.432 bits per heavy atom. The third-order valence-corrected chi connectivity index (χ3v) is 11.1. The van der Waals surface area contributed by atoms with Gasteiger partial charge in [-0.3, -0.25) is 0 Å². The molecule has 0 unspecified atom stereocenters. The maximum atomic E-state index is 2.47. The maximum Gasteiger partial charge on any atom is 0.116 e. The summed E-state index contributed by atoms with van der Waals surface area (Å²) in [4.78, 5) is 7.53. The number of nitrogens with zero attached hydrogens (tertiary/aromatic N) is 2. The van der Waals surface area contributed by atoms with Crippen LogP contribution in [0, 0.1) is 0 Å². The molecule has 0 N–H and O–H groups in total. The van der Waals surface area contributed by atoms with Gasteiger partial charge in [-0.1, -0.05) is 150 Å². The summed E-state index contributed by atoms with van der Waals surface area (Å²) < 4.78 is 0. The molecule has 0 spiro atoms. The standard InChI is InChI=1S/C40H42N2S2/c1-27-35(29-15-11-9-12-16-29)43-37(41(27)33-23-19-31(20-24-33)39(3,4)5)38-42(34-25-21-32(22-26-34)40(6,7)8)28(2)36(44-38)30-17-13-10-14-18-30/h9-26H,1-8H3/b38-37+. The molecule has 0 aromatic heterocycles. The van der Waals surface area contributed by atoms with Gasteiger partial charge in [-0.05, 0) is 71.2 Å². The Hall–Kier alpha value is -3.60. The number of rotatable bonds is 4. The molecule has 0 bridgehead atoms. The quantitative estimate of drug-likeness (QED) is 0.225. The predicted octanol–water partition coefficient (Wildman–Crippen LogP) is 12.0. The Morgan fingerprint density at radius 3 is 1.05 bits per heavy atom. The van der Waals surface area contributed by atoms with E-state index in [1.54, 1.807) is 0 Å². The van der Waals surface area contributed by atoms with Crippen LogP contribution in [0.15, 0.2) is 131 Å². The molecule has 0 aliphatic carbocycles. The number of anilines is 2. The normalized spacial score (nSPS) is 17.7. The van der Waals surface area contributed by atoms with Crippen molar-refractivity contribution in [3.05, 3.63) is 153 Å². The van der Waals surface area contributed by atoms with Gasteiger partial charge in [0.15, 0.2) is 0 Å². The summed E-state index contributed by atoms with van der Waals surface area (Å²) >= 11 is 3.77. The van der Waals surface area contributed by atoms with Crippen molar-refractivity contribution in [3.8, 4) is 0 Å². The molecule has 224 valence electrons. The molecule has 2 heterocycles. The first-order valence-electron chi connectivity index (χ1n) is 15.4. The Labute approximate surface area is 272 Å². The van der Waals surface area contributed by atoms with Crippen LogP contribution in [0.25, 0.3) is 9.81 Å². The molecule has 4 aromatic carbocycles. The topological polar surface area (TPSA) is 6.48 Å². The second-order valence-electron chi connectivity index (χ2n) is 13.6. The van der Waals surface area contributed by atoms with E-state index < -0.39 is 0 Å². The lowest BCUT2D eigenvalue weighted by molar-refractivity contribution is 0.590. The van der Waals surface area contributed by atoms with Gasteiger partial charge in [0, 0.05) is 32.6 Å². The van der Waals surface area contributed by atoms with Crippen molar-refractivity contribution in [1.82, 2.24) is 0 Å². The van der Waals surface area contributed by atoms with Gasteiger partial charge in [0.2, 0.25) is 0 Å². The fraction of sp³-hybridized carbons (Fsp3) is 0.250. The molecule has 44 heavy (non-hydrogen) atoms. The average Bonchev–Trinajstić information content (AvgIpc) is 3.53. The van der Waals surface area contributed by atoms with Crippen LogP contribution in [0.5, 0.6) is 0 Å². The second-order valence-corrected chi connectivity index (χ2v) is 15.6. The predicted molar refractivity (Wildman–Crippen MR) is 196 cm³/mol. The molecule has 0 amide bonds. The Kier molecular flexibility index (Phi) is 8.11. The Morgan fingerprint density at radius 2 is 0.750 bits per heavy atom. The monoisotopic (exact) mass is 614 g/mol. The zero-order chi connectivity index (χ0) is 31.2. The first kappa shape index (κ1) is 30.4. The molecule has 0 saturated carbocycles. The highest BCUT2D eigenvalue weighted by atomic mass is 32.2. The summed E-state index contributed by atoms with van der Waals surface area (Å²) in [6.07, 6.45) is 0. The van der Waals surface area contributed by atoms with Gasteiger partial charge in [0.25, 0.3) is 0 Å². The van der Waals surface area contributed by atoms with Crippen molar-refractivity contribution in [2.24, 2.45) is 0 Å². The van der Waals surface area contributed by atoms with Crippen molar-refractivity contribution in [1.29, 1.82) is 0 Å². The van der Waals surface area contributed by atoms with E-state index in [2.05, 4.69) is 174 Å². The number of thioether (sulfide) groups is 2. The van der Waals surface area contributed by atoms with Gasteiger partial charge in [-0.25, -0.2) is 0 Å². The molecule has 0 saturated heterocycles. The van der Waals surface area contributed by atoms with Crippen molar-refractivity contribution in [2.45, 2.75) is 66.2 Å². The van der Waals surface area contributed by atoms with E-state index in [-0.39, 0.29) is 10.8 Å². The maximum absolute atomic E-state index is 2.47. The van der Waals surface area contributed by atoms with E-state index in [0.717, 1.165) is 0 Å². The van der Waals surface area contributed by atoms with Crippen molar-refractivity contribution < 1.29 is 0 Å². The minimum Gasteiger partial charge on any atom is -0.305 e. The van der Waals surface area contributed by atoms with Crippen LogP contribution in [0.2, 0.25) is 0 Å². The van der Waals surface area contributed by atoms with Gasteiger partial charge < -0.3 is 9.80 Å². The molecular formula is C40H42N2S2. The Balaban J connectivity index is 1.54. The van der Waals surface area contributed by atoms with Crippen molar-refractivity contribution in [3.63, 3.8) is 0 Å². The minimum absolute atomic E-state index is 0.0998. The fourth-order valence-electron chi connectivity index (χ4n) is 5.78. The third-order valence-electron chi connectivity index (χ3n) is 8.37. The first-order valence-corrected chi connectivity index (χ1v) is 17.0.